The fraction of sp³-hybridized carbons (Fsp3) is 0.316. The Morgan fingerprint density at radius 2 is 1.79 bits per heavy atom. The summed E-state index contributed by atoms with van der Waals surface area (Å²) < 4.78 is 0. The molecule has 0 saturated carbocycles. The number of pyridine rings is 1. The van der Waals surface area contributed by atoms with Gasteiger partial charge < -0.3 is 10.0 Å². The number of carboxylic acid groups (broad SMARTS) is 1. The van der Waals surface area contributed by atoms with Crippen LogP contribution in [0.25, 0.3) is 11.3 Å². The second-order valence-electron chi connectivity index (χ2n) is 6.17. The number of benzene rings is 1. The first-order valence-corrected chi connectivity index (χ1v) is 7.92. The summed E-state index contributed by atoms with van der Waals surface area (Å²) in [6, 6.07) is 13.2. The molecule has 24 heavy (non-hydrogen) atoms. The molecule has 2 aromatic rings. The second-order valence-corrected chi connectivity index (χ2v) is 6.17. The van der Waals surface area contributed by atoms with Gasteiger partial charge in [-0.05, 0) is 25.0 Å². The Bertz CT molecular complexity index is 727. The van der Waals surface area contributed by atoms with Crippen LogP contribution in [0.4, 0.5) is 0 Å². The molecule has 0 radical (unpaired) electrons. The summed E-state index contributed by atoms with van der Waals surface area (Å²) in [6.07, 6.45) is 0. The van der Waals surface area contributed by atoms with Crippen molar-refractivity contribution in [1.29, 1.82) is 0 Å². The number of aryl methyl sites for hydroxylation is 1. The number of nitrogens with zero attached hydrogens (tertiary/aromatic N) is 2. The first-order valence-electron chi connectivity index (χ1n) is 7.92. The van der Waals surface area contributed by atoms with Crippen molar-refractivity contribution in [3.63, 3.8) is 0 Å². The van der Waals surface area contributed by atoms with Crippen molar-refractivity contribution in [1.82, 2.24) is 9.88 Å². The number of amides is 1. The van der Waals surface area contributed by atoms with Crippen LogP contribution in [-0.2, 0) is 4.79 Å². The van der Waals surface area contributed by atoms with Gasteiger partial charge >= 0.3 is 5.97 Å². The molecule has 0 saturated heterocycles. The van der Waals surface area contributed by atoms with Gasteiger partial charge in [-0.25, -0.2) is 0 Å². The Morgan fingerprint density at radius 1 is 1.12 bits per heavy atom. The van der Waals surface area contributed by atoms with Gasteiger partial charge in [0.15, 0.2) is 0 Å². The average molecular weight is 326 g/mol. The number of aromatic nitrogens is 1. The Balaban J connectivity index is 2.30. The van der Waals surface area contributed by atoms with Gasteiger partial charge in [-0.1, -0.05) is 44.2 Å². The molecule has 1 amide bonds. The van der Waals surface area contributed by atoms with Gasteiger partial charge in [0.2, 0.25) is 0 Å². The molecule has 1 aromatic carbocycles. The van der Waals surface area contributed by atoms with Crippen molar-refractivity contribution in [3.8, 4) is 11.3 Å². The summed E-state index contributed by atoms with van der Waals surface area (Å²) in [5, 5.41) is 9.05. The van der Waals surface area contributed by atoms with Gasteiger partial charge in [-0.3, -0.25) is 14.6 Å². The van der Waals surface area contributed by atoms with Crippen LogP contribution in [0.3, 0.4) is 0 Å². The van der Waals surface area contributed by atoms with E-state index < -0.39 is 5.97 Å². The number of hydrogen-bond acceptors (Lipinski definition) is 3. The van der Waals surface area contributed by atoms with Crippen molar-refractivity contribution in [3.05, 3.63) is 53.7 Å². The largest absolute Gasteiger partial charge is 0.480 e. The molecule has 0 spiro atoms. The van der Waals surface area contributed by atoms with Crippen molar-refractivity contribution >= 4 is 11.9 Å². The molecule has 0 unspecified atom stereocenters. The highest BCUT2D eigenvalue weighted by molar-refractivity contribution is 5.97. The minimum absolute atomic E-state index is 0.185. The summed E-state index contributed by atoms with van der Waals surface area (Å²) in [5.41, 5.74) is 2.81. The number of hydrogen-bond donors (Lipinski definition) is 1. The van der Waals surface area contributed by atoms with E-state index in [0.29, 0.717) is 17.8 Å². The highest BCUT2D eigenvalue weighted by Gasteiger charge is 2.21. The van der Waals surface area contributed by atoms with Crippen LogP contribution in [0, 0.1) is 12.8 Å². The van der Waals surface area contributed by atoms with E-state index in [1.165, 1.54) is 4.90 Å². The van der Waals surface area contributed by atoms with Crippen molar-refractivity contribution in [2.45, 2.75) is 20.8 Å². The Labute approximate surface area is 142 Å². The van der Waals surface area contributed by atoms with E-state index in [1.54, 1.807) is 19.1 Å². The van der Waals surface area contributed by atoms with Crippen molar-refractivity contribution < 1.29 is 14.7 Å². The molecule has 0 fully saturated rings. The van der Waals surface area contributed by atoms with Gasteiger partial charge in [-0.15, -0.1) is 0 Å². The lowest BCUT2D eigenvalue weighted by Gasteiger charge is -2.23. The van der Waals surface area contributed by atoms with Crippen molar-refractivity contribution in [2.24, 2.45) is 5.92 Å². The molecule has 1 N–H and O–H groups in total. The summed E-state index contributed by atoms with van der Waals surface area (Å²) in [6.45, 7) is 5.76. The summed E-state index contributed by atoms with van der Waals surface area (Å²) in [7, 11) is 0. The molecule has 0 bridgehead atoms. The maximum absolute atomic E-state index is 12.7. The van der Waals surface area contributed by atoms with Gasteiger partial charge in [0.05, 0.1) is 17.0 Å². The molecular formula is C19H22N2O3. The quantitative estimate of drug-likeness (QED) is 0.884. The predicted molar refractivity (Wildman–Crippen MR) is 92.8 cm³/mol. The fourth-order valence-corrected chi connectivity index (χ4v) is 2.55. The van der Waals surface area contributed by atoms with E-state index in [1.807, 2.05) is 44.2 Å². The number of aliphatic carboxylic acids is 1. The first-order chi connectivity index (χ1) is 11.4. The van der Waals surface area contributed by atoms with Crippen LogP contribution in [0.15, 0.2) is 42.5 Å². The Kier molecular flexibility index (Phi) is 5.68. The third-order valence-corrected chi connectivity index (χ3v) is 3.58. The van der Waals surface area contributed by atoms with E-state index in [0.717, 1.165) is 11.3 Å². The topological polar surface area (TPSA) is 70.5 Å². The molecule has 5 nitrogen and oxygen atoms in total. The zero-order valence-corrected chi connectivity index (χ0v) is 14.2. The average Bonchev–Trinajstić information content (AvgIpc) is 2.53. The van der Waals surface area contributed by atoms with Crippen molar-refractivity contribution in [2.75, 3.05) is 13.1 Å². The molecule has 5 heteroatoms. The lowest BCUT2D eigenvalue weighted by atomic mass is 10.1. The van der Waals surface area contributed by atoms with E-state index in [-0.39, 0.29) is 18.4 Å². The maximum Gasteiger partial charge on any atom is 0.323 e. The van der Waals surface area contributed by atoms with E-state index in [2.05, 4.69) is 4.98 Å². The van der Waals surface area contributed by atoms with Gasteiger partial charge in [0, 0.05) is 12.1 Å². The SMILES string of the molecule is Cc1nc(-c2ccccc2)ccc1C(=O)N(CC(=O)O)CC(C)C. The molecule has 2 rings (SSSR count). The molecule has 0 aliphatic heterocycles. The minimum Gasteiger partial charge on any atom is -0.480 e. The van der Waals surface area contributed by atoms with Gasteiger partial charge in [0.1, 0.15) is 6.54 Å². The van der Waals surface area contributed by atoms with Gasteiger partial charge in [0.25, 0.3) is 5.91 Å². The highest BCUT2D eigenvalue weighted by Crippen LogP contribution is 2.19. The third-order valence-electron chi connectivity index (χ3n) is 3.58. The normalized spacial score (nSPS) is 10.7. The van der Waals surface area contributed by atoms with Crippen LogP contribution < -0.4 is 0 Å². The highest BCUT2D eigenvalue weighted by atomic mass is 16.4. The molecule has 0 aliphatic carbocycles. The number of carbonyl (C=O) groups excluding carboxylic acids is 1. The third kappa shape index (κ3) is 4.41. The van der Waals surface area contributed by atoms with Crippen LogP contribution in [-0.4, -0.2) is 40.0 Å². The molecular weight excluding hydrogens is 304 g/mol. The molecule has 1 heterocycles. The van der Waals surface area contributed by atoms with E-state index in [9.17, 15) is 9.59 Å². The number of carbonyl (C=O) groups is 2. The minimum atomic E-state index is -1.02. The fourth-order valence-electron chi connectivity index (χ4n) is 2.55. The van der Waals surface area contributed by atoms with Gasteiger partial charge in [-0.2, -0.15) is 0 Å². The lowest BCUT2D eigenvalue weighted by Crippen LogP contribution is -2.38. The lowest BCUT2D eigenvalue weighted by molar-refractivity contribution is -0.137. The summed E-state index contributed by atoms with van der Waals surface area (Å²) in [5.74, 6) is -1.13. The van der Waals surface area contributed by atoms with E-state index in [4.69, 9.17) is 5.11 Å². The molecule has 1 aromatic heterocycles. The summed E-state index contributed by atoms with van der Waals surface area (Å²) >= 11 is 0. The van der Waals surface area contributed by atoms with E-state index >= 15 is 0 Å². The van der Waals surface area contributed by atoms with Crippen LogP contribution in [0.2, 0.25) is 0 Å². The number of carboxylic acids is 1. The molecule has 126 valence electrons. The second kappa shape index (κ2) is 7.73. The smallest absolute Gasteiger partial charge is 0.323 e. The molecule has 0 atom stereocenters. The zero-order chi connectivity index (χ0) is 17.7. The van der Waals surface area contributed by atoms with Crippen LogP contribution in [0.1, 0.15) is 29.9 Å². The Hall–Kier alpha value is -2.69. The van der Waals surface area contributed by atoms with Crippen LogP contribution >= 0.6 is 0 Å². The Morgan fingerprint density at radius 3 is 2.33 bits per heavy atom. The first kappa shape index (κ1) is 17.7. The van der Waals surface area contributed by atoms with Crippen LogP contribution in [0.5, 0.6) is 0 Å². The molecule has 0 aliphatic rings. The standard InChI is InChI=1S/C19H22N2O3/c1-13(2)11-21(12-18(22)23)19(24)16-9-10-17(20-14(16)3)15-7-5-4-6-8-15/h4-10,13H,11-12H2,1-3H3,(H,22,23). The monoisotopic (exact) mass is 326 g/mol. The maximum atomic E-state index is 12.7. The predicted octanol–water partition coefficient (Wildman–Crippen LogP) is 3.24. The zero-order valence-electron chi connectivity index (χ0n) is 14.2. The number of rotatable bonds is 6. The summed E-state index contributed by atoms with van der Waals surface area (Å²) in [4.78, 5) is 29.6.